The summed E-state index contributed by atoms with van der Waals surface area (Å²) >= 11 is 0. The smallest absolute Gasteiger partial charge is 0.0596 e. The maximum absolute atomic E-state index is 8.70. The van der Waals surface area contributed by atoms with Crippen LogP contribution in [0.2, 0.25) is 0 Å². The molecule has 0 fully saturated rings. The van der Waals surface area contributed by atoms with E-state index in [1.165, 1.54) is 0 Å². The zero-order valence-corrected chi connectivity index (χ0v) is 10.3. The van der Waals surface area contributed by atoms with Crippen molar-refractivity contribution in [3.63, 3.8) is 0 Å². The average molecular weight is 224 g/mol. The largest absolute Gasteiger partial charge is 0.411 e. The van der Waals surface area contributed by atoms with Crippen LogP contribution < -0.4 is 0 Å². The summed E-state index contributed by atoms with van der Waals surface area (Å²) < 4.78 is 0. The molecule has 1 N–H and O–H groups in total. The lowest BCUT2D eigenvalue weighted by molar-refractivity contribution is 0.312. The van der Waals surface area contributed by atoms with Crippen LogP contribution in [0.1, 0.15) is 12.8 Å². The van der Waals surface area contributed by atoms with Crippen LogP contribution in [-0.4, -0.2) is 62.0 Å². The maximum atomic E-state index is 8.70. The van der Waals surface area contributed by atoms with Gasteiger partial charge in [-0.05, 0) is 28.2 Å². The van der Waals surface area contributed by atoms with Crippen LogP contribution in [0.3, 0.4) is 0 Å². The van der Waals surface area contributed by atoms with Crippen molar-refractivity contribution in [1.82, 2.24) is 9.80 Å². The van der Waals surface area contributed by atoms with Gasteiger partial charge in [0.2, 0.25) is 0 Å². The fourth-order valence-corrected chi connectivity index (χ4v) is 0.930. The van der Waals surface area contributed by atoms with E-state index in [4.69, 9.17) is 5.21 Å². The molecule has 0 aliphatic heterocycles. The molecule has 0 atom stereocenters. The highest BCUT2D eigenvalue weighted by Crippen LogP contribution is 1.95. The van der Waals surface area contributed by atoms with Crippen LogP contribution >= 0.6 is 12.4 Å². The second kappa shape index (κ2) is 9.24. The molecule has 4 nitrogen and oxygen atoms in total. The monoisotopic (exact) mass is 223 g/mol. The molecule has 0 aromatic carbocycles. The summed E-state index contributed by atoms with van der Waals surface area (Å²) in [4.78, 5) is 4.17. The zero-order chi connectivity index (χ0) is 10.3. The van der Waals surface area contributed by atoms with E-state index in [0.717, 1.165) is 31.6 Å². The minimum absolute atomic E-state index is 0. The van der Waals surface area contributed by atoms with E-state index in [0.29, 0.717) is 0 Å². The molecule has 14 heavy (non-hydrogen) atoms. The van der Waals surface area contributed by atoms with Crippen molar-refractivity contribution in [1.29, 1.82) is 0 Å². The second-order valence-corrected chi connectivity index (χ2v) is 3.77. The average Bonchev–Trinajstić information content (AvgIpc) is 2.04. The molecule has 0 aliphatic rings. The number of halogens is 1. The molecule has 0 saturated heterocycles. The second-order valence-electron chi connectivity index (χ2n) is 3.77. The molecule has 0 spiro atoms. The summed E-state index contributed by atoms with van der Waals surface area (Å²) in [5.41, 5.74) is 0.877. The molecular formula is C9H22ClN3O. The Morgan fingerprint density at radius 1 is 1.00 bits per heavy atom. The summed E-state index contributed by atoms with van der Waals surface area (Å²) in [6.07, 6.45) is 1.69. The summed E-state index contributed by atoms with van der Waals surface area (Å²) in [6.45, 7) is 1.87. The summed E-state index contributed by atoms with van der Waals surface area (Å²) in [7, 11) is 8.06. The van der Waals surface area contributed by atoms with Crippen LogP contribution in [0.25, 0.3) is 0 Å². The fourth-order valence-electron chi connectivity index (χ4n) is 0.930. The molecule has 0 aliphatic carbocycles. The number of hydrogen-bond acceptors (Lipinski definition) is 4. The highest BCUT2D eigenvalue weighted by atomic mass is 35.5. The van der Waals surface area contributed by atoms with Crippen molar-refractivity contribution in [3.8, 4) is 0 Å². The first-order chi connectivity index (χ1) is 6.06. The van der Waals surface area contributed by atoms with Gasteiger partial charge in [0.15, 0.2) is 0 Å². The molecule has 0 aromatic heterocycles. The number of oxime groups is 1. The van der Waals surface area contributed by atoms with Gasteiger partial charge in [-0.2, -0.15) is 0 Å². The molecule has 0 bridgehead atoms. The van der Waals surface area contributed by atoms with Crippen molar-refractivity contribution in [2.45, 2.75) is 12.8 Å². The Kier molecular flexibility index (Phi) is 10.6. The third-order valence-electron chi connectivity index (χ3n) is 1.84. The highest BCUT2D eigenvalue weighted by molar-refractivity contribution is 5.85. The first-order valence-electron chi connectivity index (χ1n) is 4.55. The quantitative estimate of drug-likeness (QED) is 0.417. The van der Waals surface area contributed by atoms with E-state index < -0.39 is 0 Å². The lowest BCUT2D eigenvalue weighted by Crippen LogP contribution is -2.20. The van der Waals surface area contributed by atoms with E-state index in [1.807, 2.05) is 28.2 Å². The lowest BCUT2D eigenvalue weighted by atomic mass is 10.2. The first-order valence-corrected chi connectivity index (χ1v) is 4.55. The predicted molar refractivity (Wildman–Crippen MR) is 62.8 cm³/mol. The van der Waals surface area contributed by atoms with Gasteiger partial charge in [0, 0.05) is 25.9 Å². The van der Waals surface area contributed by atoms with E-state index in [9.17, 15) is 0 Å². The van der Waals surface area contributed by atoms with Gasteiger partial charge in [0.05, 0.1) is 5.71 Å². The van der Waals surface area contributed by atoms with Gasteiger partial charge in [0.1, 0.15) is 0 Å². The molecule has 0 unspecified atom stereocenters. The van der Waals surface area contributed by atoms with E-state index in [-0.39, 0.29) is 12.4 Å². The molecular weight excluding hydrogens is 202 g/mol. The molecule has 0 saturated carbocycles. The van der Waals surface area contributed by atoms with Crippen molar-refractivity contribution in [3.05, 3.63) is 0 Å². The SMILES string of the molecule is CN(C)CCC(CCN(C)C)=NO.Cl. The van der Waals surface area contributed by atoms with Crippen LogP contribution in [0, 0.1) is 0 Å². The summed E-state index contributed by atoms with van der Waals surface area (Å²) in [6, 6.07) is 0. The van der Waals surface area contributed by atoms with Gasteiger partial charge in [-0.15, -0.1) is 12.4 Å². The zero-order valence-electron chi connectivity index (χ0n) is 9.53. The Labute approximate surface area is 93.0 Å². The number of rotatable bonds is 6. The minimum Gasteiger partial charge on any atom is -0.411 e. The molecule has 0 rings (SSSR count). The summed E-state index contributed by atoms with van der Waals surface area (Å²) in [5.74, 6) is 0. The van der Waals surface area contributed by atoms with E-state index in [1.54, 1.807) is 0 Å². The first kappa shape index (κ1) is 16.1. The molecule has 5 heteroatoms. The van der Waals surface area contributed by atoms with Gasteiger partial charge in [-0.25, -0.2) is 0 Å². The number of hydrogen-bond donors (Lipinski definition) is 1. The van der Waals surface area contributed by atoms with Crippen molar-refractivity contribution >= 4 is 18.1 Å². The van der Waals surface area contributed by atoms with E-state index >= 15 is 0 Å². The number of nitrogens with zero attached hydrogens (tertiary/aromatic N) is 3. The van der Waals surface area contributed by atoms with Crippen molar-refractivity contribution in [2.24, 2.45) is 5.16 Å². The van der Waals surface area contributed by atoms with Crippen LogP contribution in [0.4, 0.5) is 0 Å². The van der Waals surface area contributed by atoms with Gasteiger partial charge >= 0.3 is 0 Å². The third kappa shape index (κ3) is 9.77. The summed E-state index contributed by atoms with van der Waals surface area (Å²) in [5, 5.41) is 12.0. The Morgan fingerprint density at radius 2 is 1.36 bits per heavy atom. The lowest BCUT2D eigenvalue weighted by Gasteiger charge is -2.12. The molecule has 0 radical (unpaired) electrons. The van der Waals surface area contributed by atoms with Gasteiger partial charge in [-0.3, -0.25) is 0 Å². The maximum Gasteiger partial charge on any atom is 0.0596 e. The van der Waals surface area contributed by atoms with Crippen molar-refractivity contribution in [2.75, 3.05) is 41.3 Å². The highest BCUT2D eigenvalue weighted by Gasteiger charge is 2.02. The topological polar surface area (TPSA) is 39.1 Å². The Balaban J connectivity index is 0. The Bertz CT molecular complexity index is 146. The van der Waals surface area contributed by atoms with Crippen LogP contribution in [0.15, 0.2) is 5.16 Å². The molecule has 0 heterocycles. The third-order valence-corrected chi connectivity index (χ3v) is 1.84. The predicted octanol–water partition coefficient (Wildman–Crippen LogP) is 1.14. The van der Waals surface area contributed by atoms with Gasteiger partial charge < -0.3 is 15.0 Å². The standard InChI is InChI=1S/C9H21N3O.ClH/c1-11(2)7-5-9(10-13)6-8-12(3)4;/h13H,5-8H2,1-4H3;1H. The normalized spacial score (nSPS) is 10.1. The van der Waals surface area contributed by atoms with Crippen LogP contribution in [-0.2, 0) is 0 Å². The van der Waals surface area contributed by atoms with Crippen molar-refractivity contribution < 1.29 is 5.21 Å². The van der Waals surface area contributed by atoms with Gasteiger partial charge in [0.25, 0.3) is 0 Å². The molecule has 86 valence electrons. The van der Waals surface area contributed by atoms with Gasteiger partial charge in [-0.1, -0.05) is 5.16 Å². The Morgan fingerprint density at radius 3 is 1.57 bits per heavy atom. The van der Waals surface area contributed by atoms with E-state index in [2.05, 4.69) is 15.0 Å². The molecule has 0 aromatic rings. The fraction of sp³-hybridized carbons (Fsp3) is 0.889. The minimum atomic E-state index is 0. The van der Waals surface area contributed by atoms with Crippen LogP contribution in [0.5, 0.6) is 0 Å². The molecule has 0 amide bonds. The Hall–Kier alpha value is -0.320.